The summed E-state index contributed by atoms with van der Waals surface area (Å²) in [5.74, 6) is -5.00. The summed E-state index contributed by atoms with van der Waals surface area (Å²) in [6.45, 7) is 24.8. The lowest BCUT2D eigenvalue weighted by atomic mass is 9.84. The predicted octanol–water partition coefficient (Wildman–Crippen LogP) is 3.62. The molecule has 1 saturated heterocycles. The Hall–Kier alpha value is -8.67. The molecule has 0 aromatic carbocycles. The van der Waals surface area contributed by atoms with Crippen molar-refractivity contribution in [1.82, 2.24) is 50.6 Å². The van der Waals surface area contributed by atoms with E-state index >= 15 is 4.79 Å². The molecule has 3 aromatic rings. The van der Waals surface area contributed by atoms with Crippen LogP contribution in [0.2, 0.25) is 0 Å². The second-order valence-corrected chi connectivity index (χ2v) is 28.3. The average molecular weight is 1670 g/mol. The number of nitrogens with zero attached hydrogens (tertiary/aromatic N) is 5. The van der Waals surface area contributed by atoms with Gasteiger partial charge in [0.2, 0.25) is 17.7 Å². The van der Waals surface area contributed by atoms with Crippen LogP contribution < -0.4 is 16.0 Å². The van der Waals surface area contributed by atoms with Crippen molar-refractivity contribution in [3.8, 4) is 0 Å². The van der Waals surface area contributed by atoms with Gasteiger partial charge < -0.3 is 107 Å². The number of aromatic nitrogens is 4. The number of ether oxygens (including phenoxy) is 16. The topological polar surface area (TPSA) is 425 Å². The summed E-state index contributed by atoms with van der Waals surface area (Å²) in [6, 6.07) is 3.88. The molecule has 5 aliphatic rings. The fourth-order valence-electron chi connectivity index (χ4n) is 13.3. The molecular weight excluding hydrogens is 1550 g/mol. The minimum absolute atomic E-state index is 0.000571. The number of hydrogen-bond donors (Lipinski definition) is 6. The van der Waals surface area contributed by atoms with Gasteiger partial charge in [0.25, 0.3) is 23.6 Å². The maximum Gasteiger partial charge on any atom is 0.330 e. The number of esters is 2. The Bertz CT molecular complexity index is 4050. The summed E-state index contributed by atoms with van der Waals surface area (Å²) < 4.78 is 88.0. The van der Waals surface area contributed by atoms with Gasteiger partial charge in [0.1, 0.15) is 25.3 Å². The number of amides is 7. The molecule has 8 heterocycles. The summed E-state index contributed by atoms with van der Waals surface area (Å²) in [5, 5.41) is 17.3. The third-order valence-corrected chi connectivity index (χ3v) is 20.0. The first-order valence-electron chi connectivity index (χ1n) is 41.0. The van der Waals surface area contributed by atoms with Crippen LogP contribution in [0, 0.1) is 13.8 Å². The van der Waals surface area contributed by atoms with Gasteiger partial charge in [-0.05, 0) is 94.0 Å². The first-order valence-corrected chi connectivity index (χ1v) is 41.0. The lowest BCUT2D eigenvalue weighted by Gasteiger charge is -2.31. The molecule has 0 unspecified atom stereocenters. The summed E-state index contributed by atoms with van der Waals surface area (Å²) in [6.07, 6.45) is 6.33. The van der Waals surface area contributed by atoms with E-state index in [1.165, 1.54) is 37.0 Å². The van der Waals surface area contributed by atoms with E-state index < -0.39 is 59.5 Å². The molecule has 5 aliphatic heterocycles. The number of hydrogen-bond acceptors (Lipinski definition) is 29. The smallest absolute Gasteiger partial charge is 0.330 e. The molecule has 0 aliphatic carbocycles. The molecular formula is C83H120N10O26. The van der Waals surface area contributed by atoms with Gasteiger partial charge in [-0.2, -0.15) is 0 Å². The number of nitrogens with one attached hydrogen (secondary N) is 5. The second-order valence-electron chi connectivity index (χ2n) is 28.3. The van der Waals surface area contributed by atoms with Gasteiger partial charge in [-0.25, -0.2) is 9.78 Å². The van der Waals surface area contributed by atoms with Gasteiger partial charge in [0.05, 0.1) is 232 Å². The molecule has 0 spiro atoms. The number of allylic oxidation sites excluding steroid dienone is 2. The normalized spacial score (nSPS) is 16.1. The van der Waals surface area contributed by atoms with Gasteiger partial charge in [0, 0.05) is 103 Å². The molecule has 8 bridgehead atoms. The van der Waals surface area contributed by atoms with Crippen LogP contribution >= 0.6 is 0 Å². The molecule has 1 fully saturated rings. The number of aryl methyl sites for hydroxylation is 2. The lowest BCUT2D eigenvalue weighted by Crippen LogP contribution is -2.52. The zero-order valence-corrected chi connectivity index (χ0v) is 69.7. The number of aromatic amines is 2. The largest absolute Gasteiger partial charge is 0.463 e. The molecule has 3 aromatic heterocycles. The van der Waals surface area contributed by atoms with Crippen LogP contribution in [-0.4, -0.2) is 349 Å². The Kier molecular flexibility index (Phi) is 42.8. The van der Waals surface area contributed by atoms with Crippen molar-refractivity contribution in [2.45, 2.75) is 98.1 Å². The Morgan fingerprint density at radius 3 is 1.61 bits per heavy atom. The molecule has 119 heavy (non-hydrogen) atoms. The number of fused-ring (bicyclic) bond motifs is 8. The van der Waals surface area contributed by atoms with Crippen LogP contribution in [0.25, 0.3) is 39.3 Å². The molecule has 0 radical (unpaired) electrons. The zero-order chi connectivity index (χ0) is 85.1. The quantitative estimate of drug-likeness (QED) is 0.0203. The first kappa shape index (κ1) is 95.8. The number of morpholine rings is 1. The van der Waals surface area contributed by atoms with Gasteiger partial charge in [-0.15, -0.1) is 0 Å². The van der Waals surface area contributed by atoms with Crippen LogP contribution in [0.3, 0.4) is 0 Å². The fourth-order valence-corrected chi connectivity index (χ4v) is 13.3. The number of aliphatic hydroxyl groups excluding tert-OH is 1. The maximum atomic E-state index is 15.2. The van der Waals surface area contributed by atoms with Crippen LogP contribution in [0.4, 0.5) is 0 Å². The highest BCUT2D eigenvalue weighted by Crippen LogP contribution is 2.44. The maximum absolute atomic E-state index is 15.2. The SMILES string of the molecule is CCC1=C(C)c2cc3[nH]c(cc4nc(c5c6[nH]c(cc1n2)c(C)c6C(=O)N(CCN1CCOCC1)C5=O)[C@@H](CCC(=O)OCCO)[C@@H]4C)c(C)c3/C=C/C(=O)OCCOCCNC(=O)[C@H](C)NC(=O)[C@H](C)NC(=O)CCOCCOCCOCCOCCOCCOCCOCCOCCOCCOCCOCCOCCN1C(=O)C=CC1=O. The number of aliphatic hydroxyl groups is 1. The fraction of sp³-hybridized carbons (Fsp3) is 0.627. The van der Waals surface area contributed by atoms with E-state index in [1.54, 1.807) is 6.08 Å². The Balaban J connectivity index is 0.638. The van der Waals surface area contributed by atoms with Crippen molar-refractivity contribution in [1.29, 1.82) is 0 Å². The summed E-state index contributed by atoms with van der Waals surface area (Å²) >= 11 is 0. The molecule has 36 heteroatoms. The van der Waals surface area contributed by atoms with Gasteiger partial charge in [-0.1, -0.05) is 13.8 Å². The van der Waals surface area contributed by atoms with Crippen molar-refractivity contribution >= 4 is 92.6 Å². The number of carbonyl (C=O) groups is 9. The van der Waals surface area contributed by atoms with Crippen LogP contribution in [-0.2, 0) is 109 Å². The predicted molar refractivity (Wildman–Crippen MR) is 434 cm³/mol. The highest BCUT2D eigenvalue weighted by molar-refractivity contribution is 6.23. The van der Waals surface area contributed by atoms with Gasteiger partial charge in [-0.3, -0.25) is 58.0 Å². The van der Waals surface area contributed by atoms with Crippen molar-refractivity contribution in [3.63, 3.8) is 0 Å². The molecule has 7 amide bonds. The third kappa shape index (κ3) is 31.4. The highest BCUT2D eigenvalue weighted by atomic mass is 16.6. The standard InChI is InChI=1S/C83H120N10O26/c1-8-62-56(2)66-54-70-63(57(3)65(88-70)53-67-58(4)64(10-14-74(98)118-28-22-94)78(89-67)77-79-76(59(5)68(90-79)55-69(62)87-66)82(102)93(83(77)103)18-17-91-19-25-106-26-20-91)9-13-75(99)119-52-51-105-24-16-84-80(100)60(6)86-81(101)61(7)85-71(95)15-23-104-29-31-108-33-35-110-37-39-112-41-43-114-45-47-116-49-50-117-48-46-115-44-42-113-40-38-111-36-34-109-32-30-107-27-21-92-72(96)11-12-73(92)97/h9,11-13,53-55,58,60-61,64,88,90,94H,8,10,14-52H2,1-7H3,(H,84,100)(H,85,95)(H,86,101)/b13-9+,65-53?,66-54?,67-53?,68-55?,69-55?,70-54?,78-77?/t58-,60-,61-,64-/m0/s1. The molecule has 36 nitrogen and oxygen atoms in total. The van der Waals surface area contributed by atoms with E-state index in [4.69, 9.17) is 85.8 Å². The van der Waals surface area contributed by atoms with E-state index in [0.29, 0.717) is 240 Å². The molecule has 8 rings (SSSR count). The number of carbonyl (C=O) groups excluding carboxylic acids is 9. The van der Waals surface area contributed by atoms with Crippen LogP contribution in [0.15, 0.2) is 36.4 Å². The lowest BCUT2D eigenvalue weighted by molar-refractivity contribution is -0.145. The van der Waals surface area contributed by atoms with Crippen LogP contribution in [0.5, 0.6) is 0 Å². The van der Waals surface area contributed by atoms with Gasteiger partial charge >= 0.3 is 11.9 Å². The molecule has 4 atom stereocenters. The van der Waals surface area contributed by atoms with E-state index in [9.17, 15) is 43.5 Å². The summed E-state index contributed by atoms with van der Waals surface area (Å²) in [7, 11) is 0. The minimum Gasteiger partial charge on any atom is -0.463 e. The molecule has 0 saturated carbocycles. The van der Waals surface area contributed by atoms with Crippen molar-refractivity contribution < 1.29 is 124 Å². The van der Waals surface area contributed by atoms with Crippen molar-refractivity contribution in [3.05, 3.63) is 87.0 Å². The van der Waals surface area contributed by atoms with E-state index in [1.807, 2.05) is 52.8 Å². The average Bonchev–Trinajstić information content (AvgIpc) is 1.58. The van der Waals surface area contributed by atoms with Crippen molar-refractivity contribution in [2.24, 2.45) is 0 Å². The Morgan fingerprint density at radius 2 is 1.05 bits per heavy atom. The monoisotopic (exact) mass is 1670 g/mol. The third-order valence-electron chi connectivity index (χ3n) is 20.0. The van der Waals surface area contributed by atoms with Crippen molar-refractivity contribution in [2.75, 3.05) is 244 Å². The summed E-state index contributed by atoms with van der Waals surface area (Å²) in [5.41, 5.74) is 9.26. The Labute approximate surface area is 693 Å². The minimum atomic E-state index is -0.935. The summed E-state index contributed by atoms with van der Waals surface area (Å²) in [4.78, 5) is 140. The second kappa shape index (κ2) is 53.2. The Morgan fingerprint density at radius 1 is 0.546 bits per heavy atom. The number of H-pyrrole nitrogens is 2. The highest BCUT2D eigenvalue weighted by Gasteiger charge is 2.42. The first-order chi connectivity index (χ1) is 57.8. The molecule has 658 valence electrons. The zero-order valence-electron chi connectivity index (χ0n) is 69.7. The van der Waals surface area contributed by atoms with E-state index in [0.717, 1.165) is 21.6 Å². The number of rotatable bonds is 60. The van der Waals surface area contributed by atoms with Crippen LogP contribution in [0.1, 0.15) is 132 Å². The van der Waals surface area contributed by atoms with E-state index in [-0.39, 0.29) is 115 Å². The number of imide groups is 2. The van der Waals surface area contributed by atoms with E-state index in [2.05, 4.69) is 30.8 Å². The molecule has 6 N–H and O–H groups in total. The van der Waals surface area contributed by atoms with Gasteiger partial charge in [0.15, 0.2) is 0 Å².